The number of aromatic amines is 1. The number of hydrogen-bond acceptors (Lipinski definition) is 4. The first kappa shape index (κ1) is 17.5. The fourth-order valence-electron chi connectivity index (χ4n) is 3.41. The second-order valence-corrected chi connectivity index (χ2v) is 7.50. The highest BCUT2D eigenvalue weighted by Gasteiger charge is 2.30. The Morgan fingerprint density at radius 2 is 1.93 bits per heavy atom. The third-order valence-electron chi connectivity index (χ3n) is 4.60. The van der Waals surface area contributed by atoms with Crippen molar-refractivity contribution in [3.05, 3.63) is 76.6 Å². The lowest BCUT2D eigenvalue weighted by Crippen LogP contribution is -2.37. The summed E-state index contributed by atoms with van der Waals surface area (Å²) in [6, 6.07) is 19.1. The van der Waals surface area contributed by atoms with Gasteiger partial charge in [-0.25, -0.2) is 4.98 Å². The van der Waals surface area contributed by atoms with Gasteiger partial charge in [-0.15, -0.1) is 0 Å². The molecule has 0 radical (unpaired) electrons. The third kappa shape index (κ3) is 3.66. The van der Waals surface area contributed by atoms with Crippen LogP contribution in [0, 0.1) is 0 Å². The number of carbonyl (C=O) groups is 1. The molecule has 0 spiro atoms. The van der Waals surface area contributed by atoms with Crippen LogP contribution in [0.25, 0.3) is 11.3 Å². The van der Waals surface area contributed by atoms with E-state index in [4.69, 9.17) is 0 Å². The van der Waals surface area contributed by atoms with Crippen molar-refractivity contribution in [2.75, 3.05) is 10.7 Å². The number of amides is 1. The highest BCUT2D eigenvalue weighted by Crippen LogP contribution is 2.32. The number of nitrogens with zero attached hydrogens (tertiary/aromatic N) is 2. The minimum absolute atomic E-state index is 0.0187. The maximum Gasteiger partial charge on any atom is 0.252 e. The van der Waals surface area contributed by atoms with Crippen molar-refractivity contribution >= 4 is 23.4 Å². The standard InChI is InChI=1S/C21H19N3O2S/c1-14-11-16-9-5-6-10-18(16)24(14)20(26)13-27-21-22-17(12-19(25)23-21)15-7-3-2-4-8-15/h2-10,12,14H,11,13H2,1H3,(H,22,23,25). The second-order valence-electron chi connectivity index (χ2n) is 6.54. The molecule has 2 aromatic carbocycles. The lowest BCUT2D eigenvalue weighted by atomic mass is 10.1. The number of thioether (sulfide) groups is 1. The van der Waals surface area contributed by atoms with E-state index in [9.17, 15) is 9.59 Å². The molecule has 1 aliphatic heterocycles. The molecule has 0 aliphatic carbocycles. The first-order chi connectivity index (χ1) is 13.1. The van der Waals surface area contributed by atoms with Gasteiger partial charge in [0.1, 0.15) is 0 Å². The van der Waals surface area contributed by atoms with Gasteiger partial charge in [-0.05, 0) is 25.0 Å². The molecule has 0 bridgehead atoms. The second kappa shape index (κ2) is 7.40. The summed E-state index contributed by atoms with van der Waals surface area (Å²) in [4.78, 5) is 33.9. The van der Waals surface area contributed by atoms with Crippen LogP contribution in [0.4, 0.5) is 5.69 Å². The number of anilines is 1. The smallest absolute Gasteiger partial charge is 0.252 e. The van der Waals surface area contributed by atoms with Crippen LogP contribution in [-0.4, -0.2) is 27.7 Å². The van der Waals surface area contributed by atoms with Crippen molar-refractivity contribution in [3.8, 4) is 11.3 Å². The van der Waals surface area contributed by atoms with Crippen molar-refractivity contribution in [2.24, 2.45) is 0 Å². The predicted molar refractivity (Wildman–Crippen MR) is 108 cm³/mol. The maximum absolute atomic E-state index is 12.8. The third-order valence-corrected chi connectivity index (χ3v) is 5.46. The SMILES string of the molecule is CC1Cc2ccccc2N1C(=O)CSc1nc(-c2ccccc2)cc(=O)[nH]1. The summed E-state index contributed by atoms with van der Waals surface area (Å²) in [6.07, 6.45) is 0.866. The molecule has 27 heavy (non-hydrogen) atoms. The zero-order valence-electron chi connectivity index (χ0n) is 14.9. The molecule has 0 saturated heterocycles. The number of rotatable bonds is 4. The molecule has 1 aliphatic rings. The summed E-state index contributed by atoms with van der Waals surface area (Å²) in [7, 11) is 0. The van der Waals surface area contributed by atoms with Crippen LogP contribution in [-0.2, 0) is 11.2 Å². The van der Waals surface area contributed by atoms with Crippen LogP contribution in [0.15, 0.2) is 70.6 Å². The number of nitrogens with one attached hydrogen (secondary N) is 1. The van der Waals surface area contributed by atoms with Gasteiger partial charge < -0.3 is 9.88 Å². The number of hydrogen-bond donors (Lipinski definition) is 1. The van der Waals surface area contributed by atoms with Gasteiger partial charge >= 0.3 is 0 Å². The van der Waals surface area contributed by atoms with E-state index in [2.05, 4.69) is 23.0 Å². The average molecular weight is 377 g/mol. The van der Waals surface area contributed by atoms with Gasteiger partial charge in [-0.2, -0.15) is 0 Å². The van der Waals surface area contributed by atoms with Crippen LogP contribution in [0.5, 0.6) is 0 Å². The molecular weight excluding hydrogens is 358 g/mol. The van der Waals surface area contributed by atoms with Gasteiger partial charge in [0.15, 0.2) is 5.16 Å². The average Bonchev–Trinajstić information content (AvgIpc) is 3.02. The van der Waals surface area contributed by atoms with E-state index in [1.807, 2.05) is 53.4 Å². The van der Waals surface area contributed by atoms with Gasteiger partial charge in [0, 0.05) is 23.4 Å². The Morgan fingerprint density at radius 3 is 2.74 bits per heavy atom. The Bertz CT molecular complexity index is 1030. The lowest BCUT2D eigenvalue weighted by molar-refractivity contribution is -0.116. The quantitative estimate of drug-likeness (QED) is 0.558. The fraction of sp³-hybridized carbons (Fsp3) is 0.190. The van der Waals surface area contributed by atoms with Crippen molar-refractivity contribution in [1.29, 1.82) is 0 Å². The van der Waals surface area contributed by atoms with Crippen molar-refractivity contribution in [2.45, 2.75) is 24.5 Å². The molecule has 4 rings (SSSR count). The normalized spacial score (nSPS) is 15.6. The van der Waals surface area contributed by atoms with E-state index in [-0.39, 0.29) is 23.3 Å². The Labute approximate surface area is 161 Å². The molecule has 1 unspecified atom stereocenters. The summed E-state index contributed by atoms with van der Waals surface area (Å²) in [6.45, 7) is 2.05. The van der Waals surface area contributed by atoms with E-state index in [1.165, 1.54) is 23.4 Å². The molecule has 1 amide bonds. The predicted octanol–water partition coefficient (Wildman–Crippen LogP) is 3.51. The number of carbonyl (C=O) groups excluding carboxylic acids is 1. The van der Waals surface area contributed by atoms with Crippen LogP contribution < -0.4 is 10.5 Å². The van der Waals surface area contributed by atoms with Crippen molar-refractivity contribution in [3.63, 3.8) is 0 Å². The molecule has 0 fully saturated rings. The monoisotopic (exact) mass is 377 g/mol. The van der Waals surface area contributed by atoms with Gasteiger partial charge in [-0.1, -0.05) is 60.3 Å². The minimum atomic E-state index is -0.223. The van der Waals surface area contributed by atoms with Crippen LogP contribution in [0.3, 0.4) is 0 Å². The van der Waals surface area contributed by atoms with Gasteiger partial charge in [0.05, 0.1) is 11.4 Å². The van der Waals surface area contributed by atoms with Crippen LogP contribution in [0.2, 0.25) is 0 Å². The van der Waals surface area contributed by atoms with Crippen molar-refractivity contribution in [1.82, 2.24) is 9.97 Å². The molecule has 6 heteroatoms. The summed E-state index contributed by atoms with van der Waals surface area (Å²) in [5, 5.41) is 0.454. The van der Waals surface area contributed by atoms with Gasteiger partial charge in [-0.3, -0.25) is 9.59 Å². The first-order valence-corrected chi connectivity index (χ1v) is 9.80. The van der Waals surface area contributed by atoms with E-state index in [0.29, 0.717) is 10.9 Å². The van der Waals surface area contributed by atoms with E-state index >= 15 is 0 Å². The molecule has 1 atom stereocenters. The molecule has 0 saturated carbocycles. The first-order valence-electron chi connectivity index (χ1n) is 8.81. The molecule has 1 aromatic heterocycles. The number of para-hydroxylation sites is 1. The van der Waals surface area contributed by atoms with Gasteiger partial charge in [0.2, 0.25) is 5.91 Å². The minimum Gasteiger partial charge on any atom is -0.308 e. The Balaban J connectivity index is 1.52. The van der Waals surface area contributed by atoms with Crippen molar-refractivity contribution < 1.29 is 4.79 Å². The summed E-state index contributed by atoms with van der Waals surface area (Å²) in [5.74, 6) is 0.241. The van der Waals surface area contributed by atoms with Crippen LogP contribution >= 0.6 is 11.8 Å². The topological polar surface area (TPSA) is 66.1 Å². The molecule has 2 heterocycles. The number of benzene rings is 2. The summed E-state index contributed by atoms with van der Waals surface area (Å²) < 4.78 is 0. The summed E-state index contributed by atoms with van der Waals surface area (Å²) >= 11 is 1.26. The number of H-pyrrole nitrogens is 1. The van der Waals surface area contributed by atoms with E-state index < -0.39 is 0 Å². The Kier molecular flexibility index (Phi) is 4.81. The van der Waals surface area contributed by atoms with E-state index in [0.717, 1.165) is 17.7 Å². The lowest BCUT2D eigenvalue weighted by Gasteiger charge is -2.22. The van der Waals surface area contributed by atoms with Gasteiger partial charge in [0.25, 0.3) is 5.56 Å². The number of aromatic nitrogens is 2. The molecule has 3 aromatic rings. The highest BCUT2D eigenvalue weighted by atomic mass is 32.2. The fourth-order valence-corrected chi connectivity index (χ4v) is 4.14. The molecule has 5 nitrogen and oxygen atoms in total. The molecular formula is C21H19N3O2S. The molecule has 1 N–H and O–H groups in total. The Morgan fingerprint density at radius 1 is 1.19 bits per heavy atom. The van der Waals surface area contributed by atoms with Crippen LogP contribution in [0.1, 0.15) is 12.5 Å². The zero-order valence-corrected chi connectivity index (χ0v) is 15.7. The largest absolute Gasteiger partial charge is 0.308 e. The highest BCUT2D eigenvalue weighted by molar-refractivity contribution is 7.99. The number of fused-ring (bicyclic) bond motifs is 1. The zero-order chi connectivity index (χ0) is 18.8. The summed E-state index contributed by atoms with van der Waals surface area (Å²) in [5.41, 5.74) is 3.43. The maximum atomic E-state index is 12.8. The van der Waals surface area contributed by atoms with E-state index in [1.54, 1.807) is 0 Å². The Hall–Kier alpha value is -2.86. The molecule has 136 valence electrons.